The molecule has 1 N–H and O–H groups in total. The molecule has 1 fully saturated rings. The fraction of sp³-hybridized carbons (Fsp3) is 0.545. The molecule has 3 aliphatic heterocycles. The number of likely N-dealkylation sites (tertiary alicyclic amines) is 1. The number of carbonyl (C=O) groups excluding carboxylic acids is 1. The van der Waals surface area contributed by atoms with Gasteiger partial charge in [0.05, 0.1) is 30.2 Å². The lowest BCUT2D eigenvalue weighted by atomic mass is 9.94. The molecular weight excluding hydrogens is 610 g/mol. The van der Waals surface area contributed by atoms with E-state index in [0.29, 0.717) is 61.0 Å². The van der Waals surface area contributed by atoms with E-state index in [1.54, 1.807) is 11.2 Å². The molecule has 2 aromatic carbocycles. The minimum Gasteiger partial charge on any atom is -0.490 e. The van der Waals surface area contributed by atoms with Crippen LogP contribution in [0.15, 0.2) is 30.6 Å². The Hall–Kier alpha value is -3.84. The van der Waals surface area contributed by atoms with Crippen LogP contribution >= 0.6 is 0 Å². The largest absolute Gasteiger partial charge is 0.490 e. The van der Waals surface area contributed by atoms with E-state index in [-0.39, 0.29) is 24.9 Å². The summed E-state index contributed by atoms with van der Waals surface area (Å²) < 4.78 is 47.1. The summed E-state index contributed by atoms with van der Waals surface area (Å²) in [5.74, 6) is 3.56. The topological polar surface area (TPSA) is 132 Å². The van der Waals surface area contributed by atoms with E-state index >= 15 is 0 Å². The van der Waals surface area contributed by atoms with E-state index in [2.05, 4.69) is 33.3 Å². The van der Waals surface area contributed by atoms with Crippen LogP contribution in [0.5, 0.6) is 23.0 Å². The summed E-state index contributed by atoms with van der Waals surface area (Å²) in [6, 6.07) is 7.92. The third-order valence-corrected chi connectivity index (χ3v) is 9.84. The van der Waals surface area contributed by atoms with Gasteiger partial charge in [-0.3, -0.25) is 4.79 Å². The molecule has 0 atom stereocenters. The normalized spacial score (nSPS) is 17.9. The maximum Gasteiger partial charge on any atom is 0.231 e. The van der Waals surface area contributed by atoms with Gasteiger partial charge in [0.25, 0.3) is 0 Å². The van der Waals surface area contributed by atoms with Crippen LogP contribution in [0.25, 0.3) is 10.9 Å². The monoisotopic (exact) mass is 653 g/mol. The van der Waals surface area contributed by atoms with Crippen LogP contribution in [0.2, 0.25) is 0 Å². The lowest BCUT2D eigenvalue weighted by Gasteiger charge is -2.32. The summed E-state index contributed by atoms with van der Waals surface area (Å²) in [5.41, 5.74) is 2.66. The van der Waals surface area contributed by atoms with Crippen LogP contribution in [0.1, 0.15) is 50.5 Å². The second-order valence-corrected chi connectivity index (χ2v) is 14.7. The third kappa shape index (κ3) is 7.92. The first kappa shape index (κ1) is 32.1. The molecule has 12 nitrogen and oxygen atoms in total. The standard InChI is InChI=1S/C33H43N5O7S/c1-37-12-4-3-5-15-42-28-18-25-26(34-21-35-33(25)36-31-24(20-37)6-7-27-32(31)45-22-44-27)19-29(28)43-16-10-23-8-13-38(14-9-23)30(39)11-17-46(2,40)41/h6-7,18-19,21,23H,3-5,8-17,20,22H2,1-2H3,(H,34,35,36). The Kier molecular flexibility index (Phi) is 9.98. The Morgan fingerprint density at radius 1 is 1.04 bits per heavy atom. The van der Waals surface area contributed by atoms with Crippen LogP contribution in [-0.4, -0.2) is 92.8 Å². The Bertz CT molecular complexity index is 1660. The van der Waals surface area contributed by atoms with Gasteiger partial charge in [0.2, 0.25) is 12.7 Å². The zero-order chi connectivity index (χ0) is 32.1. The highest BCUT2D eigenvalue weighted by Crippen LogP contribution is 2.44. The number of nitrogens with zero attached hydrogens (tertiary/aromatic N) is 4. The number of benzene rings is 2. The van der Waals surface area contributed by atoms with Gasteiger partial charge in [-0.05, 0) is 75.7 Å². The van der Waals surface area contributed by atoms with E-state index in [9.17, 15) is 13.2 Å². The van der Waals surface area contributed by atoms with E-state index in [1.807, 2.05) is 18.2 Å². The van der Waals surface area contributed by atoms with Crippen molar-refractivity contribution in [2.75, 3.05) is 64.0 Å². The molecule has 2 bridgehead atoms. The van der Waals surface area contributed by atoms with Crippen molar-refractivity contribution in [3.8, 4) is 23.0 Å². The van der Waals surface area contributed by atoms with Gasteiger partial charge in [0.1, 0.15) is 22.0 Å². The maximum atomic E-state index is 12.4. The van der Waals surface area contributed by atoms with Crippen LogP contribution in [0.3, 0.4) is 0 Å². The maximum absolute atomic E-state index is 12.4. The average Bonchev–Trinajstić information content (AvgIpc) is 3.52. The molecule has 3 aliphatic rings. The number of fused-ring (bicyclic) bond motifs is 4. The lowest BCUT2D eigenvalue weighted by molar-refractivity contribution is -0.132. The van der Waals surface area contributed by atoms with Crippen molar-refractivity contribution in [1.29, 1.82) is 0 Å². The van der Waals surface area contributed by atoms with Gasteiger partial charge in [-0.25, -0.2) is 18.4 Å². The van der Waals surface area contributed by atoms with Crippen LogP contribution in [0, 0.1) is 5.92 Å². The lowest BCUT2D eigenvalue weighted by Crippen LogP contribution is -2.39. The Labute approximate surface area is 270 Å². The van der Waals surface area contributed by atoms with Gasteiger partial charge in [-0.15, -0.1) is 0 Å². The van der Waals surface area contributed by atoms with Gasteiger partial charge in [-0.2, -0.15) is 0 Å². The van der Waals surface area contributed by atoms with Gasteiger partial charge in [0.15, 0.2) is 23.0 Å². The number of amides is 1. The number of hydrogen-bond acceptors (Lipinski definition) is 11. The van der Waals surface area contributed by atoms with Crippen molar-refractivity contribution in [2.45, 2.75) is 51.5 Å². The summed E-state index contributed by atoms with van der Waals surface area (Å²) in [4.78, 5) is 25.7. The van der Waals surface area contributed by atoms with Crippen molar-refractivity contribution in [1.82, 2.24) is 19.8 Å². The van der Waals surface area contributed by atoms with Crippen LogP contribution < -0.4 is 24.3 Å². The van der Waals surface area contributed by atoms with Gasteiger partial charge in [-0.1, -0.05) is 6.07 Å². The van der Waals surface area contributed by atoms with Gasteiger partial charge < -0.3 is 34.1 Å². The predicted molar refractivity (Wildman–Crippen MR) is 175 cm³/mol. The van der Waals surface area contributed by atoms with Crippen molar-refractivity contribution >= 4 is 38.2 Å². The quantitative estimate of drug-likeness (QED) is 0.386. The fourth-order valence-electron chi connectivity index (χ4n) is 6.24. The second kappa shape index (κ2) is 14.3. The molecule has 0 radical (unpaired) electrons. The number of ether oxygens (including phenoxy) is 4. The third-order valence-electron chi connectivity index (χ3n) is 8.89. The number of nitrogens with one attached hydrogen (secondary N) is 1. The molecule has 248 valence electrons. The minimum absolute atomic E-state index is 0.0477. The summed E-state index contributed by atoms with van der Waals surface area (Å²) in [7, 11) is -1.02. The first-order chi connectivity index (χ1) is 22.2. The number of carbonyl (C=O) groups is 1. The van der Waals surface area contributed by atoms with Crippen molar-refractivity contribution in [3.05, 3.63) is 36.2 Å². The SMILES string of the molecule is CN1CCCCCOc2cc3c(ncnc3cc2OCCC2CCN(C(=O)CCS(C)(=O)=O)CC2)Nc2c(ccc3c2OCO3)C1. The summed E-state index contributed by atoms with van der Waals surface area (Å²) in [5, 5.41) is 4.35. The van der Waals surface area contributed by atoms with E-state index in [4.69, 9.17) is 18.9 Å². The van der Waals surface area contributed by atoms with Crippen molar-refractivity contribution in [2.24, 2.45) is 5.92 Å². The zero-order valence-corrected chi connectivity index (χ0v) is 27.4. The van der Waals surface area contributed by atoms with Gasteiger partial charge in [0, 0.05) is 43.8 Å². The molecule has 1 aromatic heterocycles. The molecule has 1 amide bonds. The van der Waals surface area contributed by atoms with E-state index in [0.717, 1.165) is 80.0 Å². The summed E-state index contributed by atoms with van der Waals surface area (Å²) >= 11 is 0. The average molecular weight is 654 g/mol. The molecule has 0 unspecified atom stereocenters. The number of hydrogen-bond donors (Lipinski definition) is 1. The molecule has 0 aliphatic carbocycles. The Morgan fingerprint density at radius 3 is 2.72 bits per heavy atom. The smallest absolute Gasteiger partial charge is 0.231 e. The van der Waals surface area contributed by atoms with Crippen molar-refractivity contribution < 1.29 is 32.2 Å². The van der Waals surface area contributed by atoms with Crippen LogP contribution in [-0.2, 0) is 21.2 Å². The second-order valence-electron chi connectivity index (χ2n) is 12.5. The number of anilines is 2. The summed E-state index contributed by atoms with van der Waals surface area (Å²) in [6.45, 7) is 4.25. The number of rotatable bonds is 7. The molecular formula is C33H43N5O7S. The molecule has 3 aromatic rings. The Morgan fingerprint density at radius 2 is 1.89 bits per heavy atom. The Balaban J connectivity index is 1.17. The number of aromatic nitrogens is 2. The fourth-order valence-corrected chi connectivity index (χ4v) is 6.78. The number of sulfone groups is 1. The van der Waals surface area contributed by atoms with Gasteiger partial charge >= 0.3 is 0 Å². The molecule has 6 rings (SSSR count). The van der Waals surface area contributed by atoms with E-state index < -0.39 is 9.84 Å². The molecule has 0 spiro atoms. The molecule has 46 heavy (non-hydrogen) atoms. The highest BCUT2D eigenvalue weighted by molar-refractivity contribution is 7.90. The highest BCUT2D eigenvalue weighted by Gasteiger charge is 2.25. The summed E-state index contributed by atoms with van der Waals surface area (Å²) in [6.07, 6.45) is 8.37. The molecule has 4 heterocycles. The zero-order valence-electron chi connectivity index (χ0n) is 26.6. The highest BCUT2D eigenvalue weighted by atomic mass is 32.2. The first-order valence-electron chi connectivity index (χ1n) is 16.1. The predicted octanol–water partition coefficient (Wildman–Crippen LogP) is 4.54. The minimum atomic E-state index is -3.15. The first-order valence-corrected chi connectivity index (χ1v) is 18.2. The number of piperidine rings is 1. The molecule has 0 saturated carbocycles. The van der Waals surface area contributed by atoms with E-state index in [1.165, 1.54) is 0 Å². The molecule has 13 heteroatoms. The van der Waals surface area contributed by atoms with Crippen molar-refractivity contribution in [3.63, 3.8) is 0 Å². The molecule has 1 saturated heterocycles. The van der Waals surface area contributed by atoms with Crippen LogP contribution in [0.4, 0.5) is 11.5 Å².